The SMILES string of the molecule is COc1ccc(C2C3CCCCC3(O)CCN2CC(=O)NC2CCCCC2)c(OC)c1. The standard InChI is InChI=1S/C25H38N2O4/c1-30-19-11-12-20(22(16-19)31-2)24-21-10-6-7-13-25(21,29)14-15-27(24)17-23(28)26-18-8-4-3-5-9-18/h11-12,16,18,21,24,29H,3-10,13-15,17H2,1-2H3,(H,26,28). The van der Waals surface area contributed by atoms with E-state index in [0.717, 1.165) is 62.0 Å². The van der Waals surface area contributed by atoms with Crippen LogP contribution in [0.4, 0.5) is 0 Å². The van der Waals surface area contributed by atoms with Crippen molar-refractivity contribution >= 4 is 5.91 Å². The molecule has 1 aromatic rings. The zero-order valence-corrected chi connectivity index (χ0v) is 19.1. The van der Waals surface area contributed by atoms with E-state index in [1.807, 2.05) is 12.1 Å². The van der Waals surface area contributed by atoms with Crippen LogP contribution in [-0.4, -0.2) is 54.9 Å². The Morgan fingerprint density at radius 2 is 1.87 bits per heavy atom. The second-order valence-corrected chi connectivity index (χ2v) is 9.63. The van der Waals surface area contributed by atoms with E-state index >= 15 is 0 Å². The Balaban J connectivity index is 1.60. The zero-order chi connectivity index (χ0) is 21.8. The highest BCUT2D eigenvalue weighted by atomic mass is 16.5. The number of piperidine rings is 1. The van der Waals surface area contributed by atoms with Gasteiger partial charge in [-0.3, -0.25) is 9.69 Å². The van der Waals surface area contributed by atoms with Crippen molar-refractivity contribution in [1.29, 1.82) is 0 Å². The van der Waals surface area contributed by atoms with Crippen molar-refractivity contribution in [2.75, 3.05) is 27.3 Å². The summed E-state index contributed by atoms with van der Waals surface area (Å²) in [5.74, 6) is 1.71. The largest absolute Gasteiger partial charge is 0.497 e. The van der Waals surface area contributed by atoms with Gasteiger partial charge >= 0.3 is 0 Å². The summed E-state index contributed by atoms with van der Waals surface area (Å²) in [5, 5.41) is 14.8. The number of carbonyl (C=O) groups excluding carboxylic acids is 1. The molecule has 31 heavy (non-hydrogen) atoms. The first-order valence-corrected chi connectivity index (χ1v) is 12.0. The van der Waals surface area contributed by atoms with Crippen LogP contribution < -0.4 is 14.8 Å². The van der Waals surface area contributed by atoms with E-state index in [1.165, 1.54) is 19.3 Å². The number of benzene rings is 1. The molecule has 6 heteroatoms. The smallest absolute Gasteiger partial charge is 0.234 e. The van der Waals surface area contributed by atoms with Gasteiger partial charge in [-0.15, -0.1) is 0 Å². The number of methoxy groups -OCH3 is 2. The number of fused-ring (bicyclic) bond motifs is 1. The van der Waals surface area contributed by atoms with Gasteiger partial charge in [0, 0.05) is 36.2 Å². The number of rotatable bonds is 6. The van der Waals surface area contributed by atoms with E-state index in [0.29, 0.717) is 19.1 Å². The first-order chi connectivity index (χ1) is 15.0. The second-order valence-electron chi connectivity index (χ2n) is 9.63. The average Bonchev–Trinajstić information content (AvgIpc) is 2.79. The Hall–Kier alpha value is -1.79. The predicted molar refractivity (Wildman–Crippen MR) is 120 cm³/mol. The van der Waals surface area contributed by atoms with Crippen LogP contribution >= 0.6 is 0 Å². The molecule has 0 aromatic heterocycles. The van der Waals surface area contributed by atoms with Crippen molar-refractivity contribution in [1.82, 2.24) is 10.2 Å². The molecule has 3 unspecified atom stereocenters. The molecule has 1 saturated heterocycles. The number of nitrogens with one attached hydrogen (secondary N) is 1. The third kappa shape index (κ3) is 4.85. The Labute approximate surface area is 186 Å². The quantitative estimate of drug-likeness (QED) is 0.718. The molecule has 1 aromatic carbocycles. The normalized spacial score (nSPS) is 29.8. The third-order valence-electron chi connectivity index (χ3n) is 7.75. The summed E-state index contributed by atoms with van der Waals surface area (Å²) in [6.45, 7) is 1.08. The van der Waals surface area contributed by atoms with Gasteiger partial charge in [-0.2, -0.15) is 0 Å². The predicted octanol–water partition coefficient (Wildman–Crippen LogP) is 3.82. The number of carbonyl (C=O) groups is 1. The van der Waals surface area contributed by atoms with Gasteiger partial charge in [-0.1, -0.05) is 38.2 Å². The molecule has 3 fully saturated rings. The van der Waals surface area contributed by atoms with Crippen LogP contribution in [-0.2, 0) is 4.79 Å². The summed E-state index contributed by atoms with van der Waals surface area (Å²) in [4.78, 5) is 15.3. The van der Waals surface area contributed by atoms with Crippen molar-refractivity contribution in [2.24, 2.45) is 5.92 Å². The van der Waals surface area contributed by atoms with E-state index < -0.39 is 5.60 Å². The maximum absolute atomic E-state index is 13.0. The van der Waals surface area contributed by atoms with Crippen LogP contribution in [0.3, 0.4) is 0 Å². The number of aliphatic hydroxyl groups is 1. The first kappa shape index (κ1) is 22.4. The van der Waals surface area contributed by atoms with Gasteiger partial charge in [0.1, 0.15) is 11.5 Å². The Morgan fingerprint density at radius 3 is 2.61 bits per heavy atom. The fourth-order valence-corrected chi connectivity index (χ4v) is 6.10. The minimum Gasteiger partial charge on any atom is -0.497 e. The summed E-state index contributed by atoms with van der Waals surface area (Å²) in [5.41, 5.74) is 0.378. The van der Waals surface area contributed by atoms with Crippen molar-refractivity contribution in [3.8, 4) is 11.5 Å². The summed E-state index contributed by atoms with van der Waals surface area (Å²) >= 11 is 0. The molecular formula is C25H38N2O4. The van der Waals surface area contributed by atoms with Crippen molar-refractivity contribution in [2.45, 2.75) is 81.9 Å². The summed E-state index contributed by atoms with van der Waals surface area (Å²) in [6, 6.07) is 6.18. The molecule has 1 aliphatic heterocycles. The van der Waals surface area contributed by atoms with Crippen molar-refractivity contribution in [3.05, 3.63) is 23.8 Å². The molecule has 1 heterocycles. The van der Waals surface area contributed by atoms with Crippen LogP contribution in [0.15, 0.2) is 18.2 Å². The van der Waals surface area contributed by atoms with E-state index in [1.54, 1.807) is 14.2 Å². The van der Waals surface area contributed by atoms with E-state index in [-0.39, 0.29) is 17.9 Å². The first-order valence-electron chi connectivity index (χ1n) is 12.0. The van der Waals surface area contributed by atoms with Crippen LogP contribution in [0.1, 0.15) is 75.8 Å². The maximum Gasteiger partial charge on any atom is 0.234 e. The second kappa shape index (κ2) is 9.78. The Morgan fingerprint density at radius 1 is 1.10 bits per heavy atom. The molecule has 0 spiro atoms. The summed E-state index contributed by atoms with van der Waals surface area (Å²) in [7, 11) is 3.32. The molecule has 2 aliphatic carbocycles. The molecule has 3 aliphatic rings. The molecule has 6 nitrogen and oxygen atoms in total. The van der Waals surface area contributed by atoms with Gasteiger partial charge in [-0.05, 0) is 38.2 Å². The van der Waals surface area contributed by atoms with Crippen molar-refractivity contribution < 1.29 is 19.4 Å². The fraction of sp³-hybridized carbons (Fsp3) is 0.720. The number of nitrogens with zero attached hydrogens (tertiary/aromatic N) is 1. The lowest BCUT2D eigenvalue weighted by atomic mass is 9.66. The van der Waals surface area contributed by atoms with Gasteiger partial charge in [0.2, 0.25) is 5.91 Å². The summed E-state index contributed by atoms with van der Waals surface area (Å²) in [6.07, 6.45) is 10.6. The number of amides is 1. The third-order valence-corrected chi connectivity index (χ3v) is 7.75. The molecule has 4 rings (SSSR count). The number of hydrogen-bond donors (Lipinski definition) is 2. The van der Waals surface area contributed by atoms with E-state index in [4.69, 9.17) is 9.47 Å². The monoisotopic (exact) mass is 430 g/mol. The Kier molecular flexibility index (Phi) is 7.07. The van der Waals surface area contributed by atoms with E-state index in [2.05, 4.69) is 16.3 Å². The van der Waals surface area contributed by atoms with Crippen LogP contribution in [0.5, 0.6) is 11.5 Å². The lowest BCUT2D eigenvalue weighted by molar-refractivity contribution is -0.138. The minimum atomic E-state index is -0.662. The lowest BCUT2D eigenvalue weighted by Crippen LogP contribution is -2.56. The Bertz CT molecular complexity index is 764. The molecule has 1 amide bonds. The van der Waals surface area contributed by atoms with Crippen LogP contribution in [0.25, 0.3) is 0 Å². The minimum absolute atomic E-state index is 0.0444. The molecule has 0 radical (unpaired) electrons. The average molecular weight is 431 g/mol. The molecular weight excluding hydrogens is 392 g/mol. The summed E-state index contributed by atoms with van der Waals surface area (Å²) < 4.78 is 11.1. The van der Waals surface area contributed by atoms with Gasteiger partial charge < -0.3 is 19.9 Å². The van der Waals surface area contributed by atoms with Crippen molar-refractivity contribution in [3.63, 3.8) is 0 Å². The number of hydrogen-bond acceptors (Lipinski definition) is 5. The zero-order valence-electron chi connectivity index (χ0n) is 19.1. The molecule has 2 N–H and O–H groups in total. The van der Waals surface area contributed by atoms with Crippen LogP contribution in [0.2, 0.25) is 0 Å². The fourth-order valence-electron chi connectivity index (χ4n) is 6.10. The highest BCUT2D eigenvalue weighted by Gasteiger charge is 2.49. The maximum atomic E-state index is 13.0. The topological polar surface area (TPSA) is 71.0 Å². The highest BCUT2D eigenvalue weighted by molar-refractivity contribution is 5.78. The van der Waals surface area contributed by atoms with E-state index in [9.17, 15) is 9.90 Å². The van der Waals surface area contributed by atoms with Gasteiger partial charge in [0.05, 0.1) is 26.4 Å². The molecule has 172 valence electrons. The van der Waals surface area contributed by atoms with Gasteiger partial charge in [0.15, 0.2) is 0 Å². The highest BCUT2D eigenvalue weighted by Crippen LogP contribution is 2.51. The molecule has 3 atom stereocenters. The number of ether oxygens (including phenoxy) is 2. The molecule has 0 bridgehead atoms. The van der Waals surface area contributed by atoms with Gasteiger partial charge in [-0.25, -0.2) is 0 Å². The lowest BCUT2D eigenvalue weighted by Gasteiger charge is -2.52. The number of likely N-dealkylation sites (tertiary alicyclic amines) is 1. The molecule has 2 saturated carbocycles. The van der Waals surface area contributed by atoms with Crippen LogP contribution in [0, 0.1) is 5.92 Å². The van der Waals surface area contributed by atoms with Gasteiger partial charge in [0.25, 0.3) is 0 Å².